The minimum Gasteiger partial charge on any atom is -0.291 e. The molecule has 0 saturated carbocycles. The molecule has 0 aliphatic heterocycles. The third-order valence-corrected chi connectivity index (χ3v) is 1.42. The van der Waals surface area contributed by atoms with E-state index in [1.165, 1.54) is 0 Å². The molecule has 0 radical (unpaired) electrons. The monoisotopic (exact) mass is 180 g/mol. The van der Waals surface area contributed by atoms with Gasteiger partial charge in [-0.05, 0) is 6.42 Å². The van der Waals surface area contributed by atoms with Gasteiger partial charge in [0.25, 0.3) is 0 Å². The molecule has 0 aliphatic rings. The first kappa shape index (κ1) is 11.2. The summed E-state index contributed by atoms with van der Waals surface area (Å²) in [6.07, 6.45) is -0.548. The normalized spacial score (nSPS) is 9.67. The molecule has 0 amide bonds. The molecule has 1 nitrogen and oxygen atoms in total. The van der Waals surface area contributed by atoms with Gasteiger partial charge in [-0.3, -0.25) is 4.79 Å². The summed E-state index contributed by atoms with van der Waals surface area (Å²) in [5.41, 5.74) is 0. The molecule has 0 unspecified atom stereocenters. The number of halogens is 3. The number of hydrogen-bond acceptors (Lipinski definition) is 1. The van der Waals surface area contributed by atoms with Gasteiger partial charge >= 0.3 is 6.08 Å². The fraction of sp³-hybridized carbons (Fsp3) is 0.625. The van der Waals surface area contributed by atoms with Crippen molar-refractivity contribution in [2.24, 2.45) is 0 Å². The number of rotatable bonds is 5. The number of hydrogen-bond donors (Lipinski definition) is 0. The average Bonchev–Trinajstić information content (AvgIpc) is 2.03. The lowest BCUT2D eigenvalue weighted by Gasteiger charge is -1.95. The molecule has 0 N–H and O–H groups in total. The van der Waals surface area contributed by atoms with Crippen LogP contribution in [0.4, 0.5) is 13.2 Å². The number of ketones is 1. The Balaban J connectivity index is 3.81. The molecule has 12 heavy (non-hydrogen) atoms. The van der Waals surface area contributed by atoms with E-state index in [0.29, 0.717) is 6.42 Å². The Morgan fingerprint density at radius 3 is 2.17 bits per heavy atom. The predicted octanol–water partition coefficient (Wildman–Crippen LogP) is 3.21. The summed E-state index contributed by atoms with van der Waals surface area (Å²) in [4.78, 5) is 10.5. The SMILES string of the molecule is CCCCCC(=O)C(F)=C(F)F. The molecule has 0 atom stereocenters. The zero-order valence-corrected chi connectivity index (χ0v) is 6.87. The van der Waals surface area contributed by atoms with E-state index in [1.807, 2.05) is 6.92 Å². The molecule has 0 aromatic carbocycles. The van der Waals surface area contributed by atoms with Crippen molar-refractivity contribution < 1.29 is 18.0 Å². The quantitative estimate of drug-likeness (QED) is 0.469. The van der Waals surface area contributed by atoms with Gasteiger partial charge < -0.3 is 0 Å². The highest BCUT2D eigenvalue weighted by atomic mass is 19.3. The molecule has 0 heterocycles. The zero-order valence-electron chi connectivity index (χ0n) is 6.87. The molecule has 0 rings (SSSR count). The summed E-state index contributed by atoms with van der Waals surface area (Å²) in [6, 6.07) is 0. The molecular weight excluding hydrogens is 169 g/mol. The van der Waals surface area contributed by atoms with Crippen LogP contribution in [0.3, 0.4) is 0 Å². The molecule has 0 saturated heterocycles. The molecule has 0 aromatic rings. The number of carbonyl (C=O) groups excluding carboxylic acids is 1. The van der Waals surface area contributed by atoms with Crippen LogP contribution >= 0.6 is 0 Å². The van der Waals surface area contributed by atoms with E-state index in [4.69, 9.17) is 0 Å². The van der Waals surface area contributed by atoms with E-state index in [2.05, 4.69) is 0 Å². The highest BCUT2D eigenvalue weighted by Gasteiger charge is 2.14. The minimum absolute atomic E-state index is 0.128. The number of Topliss-reactive ketones (excluding diaryl/α,β-unsaturated/α-hetero) is 1. The van der Waals surface area contributed by atoms with Crippen LogP contribution in [-0.2, 0) is 4.79 Å². The Kier molecular flexibility index (Phi) is 5.41. The van der Waals surface area contributed by atoms with Crippen molar-refractivity contribution >= 4 is 5.78 Å². The molecular formula is C8H11F3O. The first-order valence-electron chi connectivity index (χ1n) is 3.83. The van der Waals surface area contributed by atoms with E-state index in [0.717, 1.165) is 12.8 Å². The first-order chi connectivity index (χ1) is 5.59. The Morgan fingerprint density at radius 2 is 1.75 bits per heavy atom. The van der Waals surface area contributed by atoms with Crippen LogP contribution in [0.15, 0.2) is 11.9 Å². The molecule has 0 bridgehead atoms. The second-order valence-corrected chi connectivity index (χ2v) is 2.45. The van der Waals surface area contributed by atoms with Crippen LogP contribution in [0.5, 0.6) is 0 Å². The summed E-state index contributed by atoms with van der Waals surface area (Å²) in [6.45, 7) is 1.91. The summed E-state index contributed by atoms with van der Waals surface area (Å²) in [7, 11) is 0. The minimum atomic E-state index is -2.52. The molecule has 70 valence electrons. The molecule has 0 aliphatic carbocycles. The van der Waals surface area contributed by atoms with Crippen LogP contribution in [0.2, 0.25) is 0 Å². The molecule has 4 heteroatoms. The van der Waals surface area contributed by atoms with Crippen molar-refractivity contribution in [3.8, 4) is 0 Å². The van der Waals surface area contributed by atoms with E-state index in [9.17, 15) is 18.0 Å². The van der Waals surface area contributed by atoms with Crippen molar-refractivity contribution in [2.75, 3.05) is 0 Å². The van der Waals surface area contributed by atoms with E-state index < -0.39 is 17.7 Å². The predicted molar refractivity (Wildman–Crippen MR) is 39.5 cm³/mol. The smallest absolute Gasteiger partial charge is 0.291 e. The van der Waals surface area contributed by atoms with Gasteiger partial charge in [0.15, 0.2) is 5.78 Å². The maximum atomic E-state index is 12.1. The Hall–Kier alpha value is -0.800. The van der Waals surface area contributed by atoms with E-state index >= 15 is 0 Å². The fourth-order valence-electron chi connectivity index (χ4n) is 0.751. The van der Waals surface area contributed by atoms with Gasteiger partial charge in [-0.2, -0.15) is 13.2 Å². The second kappa shape index (κ2) is 5.80. The van der Waals surface area contributed by atoms with Gasteiger partial charge in [-0.25, -0.2) is 0 Å². The summed E-state index contributed by atoms with van der Waals surface area (Å²) in [5.74, 6) is -2.98. The number of allylic oxidation sites excluding steroid dienone is 1. The van der Waals surface area contributed by atoms with Crippen LogP contribution in [-0.4, -0.2) is 5.78 Å². The summed E-state index contributed by atoms with van der Waals surface area (Å²) in [5, 5.41) is 0. The Labute approximate surface area is 69.3 Å². The lowest BCUT2D eigenvalue weighted by Crippen LogP contribution is -1.98. The summed E-state index contributed by atoms with van der Waals surface area (Å²) >= 11 is 0. The van der Waals surface area contributed by atoms with Crippen LogP contribution < -0.4 is 0 Å². The maximum absolute atomic E-state index is 12.1. The van der Waals surface area contributed by atoms with Gasteiger partial charge in [0.2, 0.25) is 5.83 Å². The largest absolute Gasteiger partial charge is 0.309 e. The topological polar surface area (TPSA) is 17.1 Å². The molecule has 0 aromatic heterocycles. The van der Waals surface area contributed by atoms with Gasteiger partial charge in [0.1, 0.15) is 0 Å². The van der Waals surface area contributed by atoms with Gasteiger partial charge in [-0.15, -0.1) is 0 Å². The lowest BCUT2D eigenvalue weighted by molar-refractivity contribution is -0.117. The second-order valence-electron chi connectivity index (χ2n) is 2.45. The molecule has 0 fully saturated rings. The van der Waals surface area contributed by atoms with Crippen LogP contribution in [0, 0.1) is 0 Å². The average molecular weight is 180 g/mol. The van der Waals surface area contributed by atoms with Crippen molar-refractivity contribution in [3.63, 3.8) is 0 Å². The number of unbranched alkanes of at least 4 members (excludes halogenated alkanes) is 2. The highest BCUT2D eigenvalue weighted by Crippen LogP contribution is 2.13. The van der Waals surface area contributed by atoms with Gasteiger partial charge in [0.05, 0.1) is 0 Å². The van der Waals surface area contributed by atoms with Crippen molar-refractivity contribution in [3.05, 3.63) is 11.9 Å². The van der Waals surface area contributed by atoms with Crippen LogP contribution in [0.1, 0.15) is 32.6 Å². The van der Waals surface area contributed by atoms with Crippen molar-refractivity contribution in [1.82, 2.24) is 0 Å². The standard InChI is InChI=1S/C8H11F3O/c1-2-3-4-5-6(12)7(9)8(10)11/h2-5H2,1H3. The molecule has 0 spiro atoms. The Morgan fingerprint density at radius 1 is 1.17 bits per heavy atom. The fourth-order valence-corrected chi connectivity index (χ4v) is 0.751. The van der Waals surface area contributed by atoms with Crippen LogP contribution in [0.25, 0.3) is 0 Å². The number of carbonyl (C=O) groups is 1. The highest BCUT2D eigenvalue weighted by molar-refractivity contribution is 5.93. The Bertz CT molecular complexity index is 183. The van der Waals surface area contributed by atoms with Gasteiger partial charge in [0, 0.05) is 6.42 Å². The van der Waals surface area contributed by atoms with Crippen molar-refractivity contribution in [1.29, 1.82) is 0 Å². The maximum Gasteiger partial charge on any atom is 0.309 e. The van der Waals surface area contributed by atoms with E-state index in [-0.39, 0.29) is 6.42 Å². The summed E-state index contributed by atoms with van der Waals surface area (Å²) < 4.78 is 35.1. The van der Waals surface area contributed by atoms with E-state index in [1.54, 1.807) is 0 Å². The third kappa shape index (κ3) is 4.16. The first-order valence-corrected chi connectivity index (χ1v) is 3.83. The lowest BCUT2D eigenvalue weighted by atomic mass is 10.1. The third-order valence-electron chi connectivity index (χ3n) is 1.42. The zero-order chi connectivity index (χ0) is 9.56. The van der Waals surface area contributed by atoms with Crippen molar-refractivity contribution in [2.45, 2.75) is 32.6 Å². The van der Waals surface area contributed by atoms with Gasteiger partial charge in [-0.1, -0.05) is 19.8 Å².